The molecule has 1 amide bonds. The fourth-order valence-corrected chi connectivity index (χ4v) is 1.72. The molecule has 0 heterocycles. The van der Waals surface area contributed by atoms with Gasteiger partial charge in [-0.1, -0.05) is 6.07 Å². The third kappa shape index (κ3) is 3.91. The van der Waals surface area contributed by atoms with Gasteiger partial charge in [-0.3, -0.25) is 10.1 Å². The monoisotopic (exact) mass is 303 g/mol. The zero-order valence-corrected chi connectivity index (χ0v) is 10.2. The number of carboxylic acid groups (broad SMARTS) is 1. The minimum absolute atomic E-state index is 0.0668. The van der Waals surface area contributed by atoms with Crippen LogP contribution in [-0.4, -0.2) is 29.2 Å². The summed E-state index contributed by atoms with van der Waals surface area (Å²) in [4.78, 5) is 20.5. The summed E-state index contributed by atoms with van der Waals surface area (Å²) in [5.74, 6) is 0. The number of hydrogen-bond acceptors (Lipinski definition) is 4. The Morgan fingerprint density at radius 2 is 2.18 bits per heavy atom. The molecule has 3 N–H and O–H groups in total. The molecule has 92 valence electrons. The molecule has 1 aromatic rings. The summed E-state index contributed by atoms with van der Waals surface area (Å²) >= 11 is 3.09. The van der Waals surface area contributed by atoms with Gasteiger partial charge < -0.3 is 15.7 Å². The Labute approximate surface area is 105 Å². The quantitative estimate of drug-likeness (QED) is 0.438. The van der Waals surface area contributed by atoms with Crippen LogP contribution in [-0.2, 0) is 0 Å². The van der Waals surface area contributed by atoms with Gasteiger partial charge in [0.1, 0.15) is 5.69 Å². The third-order valence-corrected chi connectivity index (χ3v) is 2.53. The second-order valence-corrected chi connectivity index (χ2v) is 3.91. The van der Waals surface area contributed by atoms with Gasteiger partial charge in [-0.15, -0.1) is 0 Å². The first kappa shape index (κ1) is 13.2. The van der Waals surface area contributed by atoms with Gasteiger partial charge in [0.2, 0.25) is 0 Å². The predicted octanol–water partition coefficient (Wildman–Crippen LogP) is 2.04. The number of para-hydroxylation sites is 1. The highest BCUT2D eigenvalue weighted by Crippen LogP contribution is 2.32. The third-order valence-electron chi connectivity index (χ3n) is 1.89. The van der Waals surface area contributed by atoms with E-state index in [0.717, 1.165) is 0 Å². The number of anilines is 1. The molecule has 17 heavy (non-hydrogen) atoms. The Morgan fingerprint density at radius 3 is 2.76 bits per heavy atom. The van der Waals surface area contributed by atoms with E-state index in [1.165, 1.54) is 0 Å². The zero-order valence-electron chi connectivity index (χ0n) is 8.64. The number of hydrogen-bond donors (Lipinski definition) is 3. The Balaban J connectivity index is 2.67. The second-order valence-electron chi connectivity index (χ2n) is 3.05. The minimum Gasteiger partial charge on any atom is -0.465 e. The molecule has 0 bridgehead atoms. The molecule has 1 aromatic carbocycles. The number of benzene rings is 1. The van der Waals surface area contributed by atoms with Crippen LogP contribution in [0.4, 0.5) is 16.2 Å². The smallest absolute Gasteiger partial charge is 0.404 e. The molecule has 7 nitrogen and oxygen atoms in total. The largest absolute Gasteiger partial charge is 0.465 e. The zero-order chi connectivity index (χ0) is 12.8. The second kappa shape index (κ2) is 6.04. The maximum Gasteiger partial charge on any atom is 0.404 e. The molecule has 0 spiro atoms. The van der Waals surface area contributed by atoms with E-state index in [-0.39, 0.29) is 18.8 Å². The molecule has 0 fully saturated rings. The molecular formula is C9H10BrN3O4. The lowest BCUT2D eigenvalue weighted by Crippen LogP contribution is -2.27. The van der Waals surface area contributed by atoms with Gasteiger partial charge in [0, 0.05) is 13.1 Å². The van der Waals surface area contributed by atoms with Crippen LogP contribution in [0.5, 0.6) is 0 Å². The maximum atomic E-state index is 10.8. The van der Waals surface area contributed by atoms with Crippen molar-refractivity contribution in [2.45, 2.75) is 0 Å². The Bertz CT molecular complexity index is 438. The van der Waals surface area contributed by atoms with E-state index >= 15 is 0 Å². The van der Waals surface area contributed by atoms with Gasteiger partial charge in [0.25, 0.3) is 0 Å². The number of nitrogens with zero attached hydrogens (tertiary/aromatic N) is 1. The Hall–Kier alpha value is -1.83. The van der Waals surface area contributed by atoms with Gasteiger partial charge >= 0.3 is 11.8 Å². The number of amides is 1. The minimum atomic E-state index is -1.13. The number of halogens is 1. The fraction of sp³-hybridized carbons (Fsp3) is 0.222. The lowest BCUT2D eigenvalue weighted by atomic mass is 10.2. The van der Waals surface area contributed by atoms with Crippen LogP contribution < -0.4 is 10.6 Å². The predicted molar refractivity (Wildman–Crippen MR) is 65.3 cm³/mol. The first-order valence-corrected chi connectivity index (χ1v) is 5.45. The van der Waals surface area contributed by atoms with Crippen molar-refractivity contribution in [3.05, 3.63) is 32.8 Å². The van der Waals surface area contributed by atoms with Gasteiger partial charge in [-0.05, 0) is 28.1 Å². The van der Waals surface area contributed by atoms with Crippen LogP contribution in [0.2, 0.25) is 0 Å². The van der Waals surface area contributed by atoms with E-state index in [2.05, 4.69) is 26.6 Å². The van der Waals surface area contributed by atoms with E-state index < -0.39 is 11.0 Å². The van der Waals surface area contributed by atoms with E-state index in [1.807, 2.05) is 0 Å². The van der Waals surface area contributed by atoms with Crippen molar-refractivity contribution in [2.75, 3.05) is 18.4 Å². The summed E-state index contributed by atoms with van der Waals surface area (Å²) in [5.41, 5.74) is 0.277. The molecule has 0 aliphatic carbocycles. The van der Waals surface area contributed by atoms with Crippen molar-refractivity contribution in [3.63, 3.8) is 0 Å². The molecule has 0 unspecified atom stereocenters. The van der Waals surface area contributed by atoms with Crippen LogP contribution in [0.1, 0.15) is 0 Å². The molecule has 0 aliphatic heterocycles. The molecule has 0 aromatic heterocycles. The number of rotatable bonds is 5. The maximum absolute atomic E-state index is 10.8. The summed E-state index contributed by atoms with van der Waals surface area (Å²) in [6.07, 6.45) is -1.13. The fourth-order valence-electron chi connectivity index (χ4n) is 1.21. The first-order chi connectivity index (χ1) is 8.02. The molecule has 0 atom stereocenters. The Kier molecular flexibility index (Phi) is 4.70. The lowest BCUT2D eigenvalue weighted by Gasteiger charge is -2.07. The molecule has 0 radical (unpaired) electrons. The van der Waals surface area contributed by atoms with E-state index in [9.17, 15) is 14.9 Å². The number of carbonyl (C=O) groups is 1. The molecule has 1 rings (SSSR count). The lowest BCUT2D eigenvalue weighted by molar-refractivity contribution is -0.384. The van der Waals surface area contributed by atoms with E-state index in [0.29, 0.717) is 10.2 Å². The first-order valence-electron chi connectivity index (χ1n) is 4.66. The molecule has 0 saturated heterocycles. The average Bonchev–Trinajstić information content (AvgIpc) is 2.23. The molecule has 0 aliphatic rings. The Morgan fingerprint density at radius 1 is 1.47 bits per heavy atom. The van der Waals surface area contributed by atoms with E-state index in [1.54, 1.807) is 18.2 Å². The van der Waals surface area contributed by atoms with E-state index in [4.69, 9.17) is 5.11 Å². The highest BCUT2D eigenvalue weighted by Gasteiger charge is 2.17. The summed E-state index contributed by atoms with van der Waals surface area (Å²) < 4.78 is 0.374. The van der Waals surface area contributed by atoms with Crippen molar-refractivity contribution < 1.29 is 14.8 Å². The summed E-state index contributed by atoms with van der Waals surface area (Å²) in [7, 11) is 0. The highest BCUT2D eigenvalue weighted by atomic mass is 79.9. The molecule has 8 heteroatoms. The van der Waals surface area contributed by atoms with Crippen LogP contribution >= 0.6 is 15.9 Å². The van der Waals surface area contributed by atoms with Gasteiger partial charge in [-0.25, -0.2) is 4.79 Å². The van der Waals surface area contributed by atoms with Crippen molar-refractivity contribution in [2.24, 2.45) is 0 Å². The summed E-state index contributed by atoms with van der Waals surface area (Å²) in [6, 6.07) is 4.78. The standard InChI is InChI=1S/C9H10BrN3O4/c10-6-2-1-3-7(8(6)13(16)17)11-4-5-12-9(14)15/h1-3,11-12H,4-5H2,(H,14,15). The van der Waals surface area contributed by atoms with Crippen molar-refractivity contribution in [1.82, 2.24) is 5.32 Å². The molecule has 0 saturated carbocycles. The number of nitro groups is 1. The van der Waals surface area contributed by atoms with Gasteiger partial charge in [0.05, 0.1) is 9.40 Å². The van der Waals surface area contributed by atoms with Crippen molar-refractivity contribution in [3.8, 4) is 0 Å². The van der Waals surface area contributed by atoms with Gasteiger partial charge in [0.15, 0.2) is 0 Å². The number of nitrogens with one attached hydrogen (secondary N) is 2. The molecular weight excluding hydrogens is 294 g/mol. The van der Waals surface area contributed by atoms with Crippen molar-refractivity contribution >= 4 is 33.4 Å². The SMILES string of the molecule is O=C(O)NCCNc1cccc(Br)c1[N+](=O)[O-]. The topological polar surface area (TPSA) is 104 Å². The van der Waals surface area contributed by atoms with Crippen LogP contribution in [0.15, 0.2) is 22.7 Å². The highest BCUT2D eigenvalue weighted by molar-refractivity contribution is 9.10. The normalized spacial score (nSPS) is 9.71. The van der Waals surface area contributed by atoms with Crippen LogP contribution in [0.3, 0.4) is 0 Å². The average molecular weight is 304 g/mol. The van der Waals surface area contributed by atoms with Crippen molar-refractivity contribution in [1.29, 1.82) is 0 Å². The van der Waals surface area contributed by atoms with Crippen LogP contribution in [0, 0.1) is 10.1 Å². The van der Waals surface area contributed by atoms with Crippen LogP contribution in [0.25, 0.3) is 0 Å². The number of nitro benzene ring substituents is 1. The van der Waals surface area contributed by atoms with Gasteiger partial charge in [-0.2, -0.15) is 0 Å². The summed E-state index contributed by atoms with van der Waals surface area (Å²) in [6.45, 7) is 0.433. The summed E-state index contributed by atoms with van der Waals surface area (Å²) in [5, 5.41) is 24.1.